The number of epoxide rings is 1. The van der Waals surface area contributed by atoms with Gasteiger partial charge in [0.15, 0.2) is 11.4 Å². The number of Topliss-reactive ketones (excluding diaryl/α,β-unsaturated/α-hetero) is 1. The van der Waals surface area contributed by atoms with Gasteiger partial charge in [-0.15, -0.1) is 0 Å². The predicted molar refractivity (Wildman–Crippen MR) is 91.4 cm³/mol. The van der Waals surface area contributed by atoms with Crippen LogP contribution in [0.1, 0.15) is 65.7 Å². The number of carbonyl (C=O) groups excluding carboxylic acids is 1. The number of allylic oxidation sites excluding steroid dienone is 1. The molecule has 0 spiro atoms. The zero-order valence-corrected chi connectivity index (χ0v) is 15.2. The van der Waals surface area contributed by atoms with E-state index < -0.39 is 5.60 Å². The maximum absolute atomic E-state index is 12.4. The van der Waals surface area contributed by atoms with Crippen LogP contribution < -0.4 is 0 Å². The summed E-state index contributed by atoms with van der Waals surface area (Å²) in [6, 6.07) is 0. The lowest BCUT2D eigenvalue weighted by Crippen LogP contribution is -2.54. The molecule has 4 aliphatic carbocycles. The highest BCUT2D eigenvalue weighted by Crippen LogP contribution is 2.73. The summed E-state index contributed by atoms with van der Waals surface area (Å²) < 4.78 is 6.00. The number of hydrogen-bond acceptors (Lipinski definition) is 3. The fraction of sp³-hybridized carbons (Fsp3) is 0.857. The molecule has 0 aromatic heterocycles. The third-order valence-electron chi connectivity index (χ3n) is 9.03. The van der Waals surface area contributed by atoms with Crippen molar-refractivity contribution in [3.63, 3.8) is 0 Å². The minimum atomic E-state index is -0.448. The van der Waals surface area contributed by atoms with Crippen LogP contribution in [0.25, 0.3) is 0 Å². The van der Waals surface area contributed by atoms with Crippen molar-refractivity contribution >= 4 is 5.78 Å². The van der Waals surface area contributed by atoms with E-state index in [9.17, 15) is 9.90 Å². The topological polar surface area (TPSA) is 49.8 Å². The van der Waals surface area contributed by atoms with Crippen LogP contribution in [-0.2, 0) is 9.53 Å². The second kappa shape index (κ2) is 4.54. The van der Waals surface area contributed by atoms with Gasteiger partial charge in [-0.05, 0) is 75.0 Å². The van der Waals surface area contributed by atoms with Crippen molar-refractivity contribution in [2.24, 2.45) is 28.6 Å². The Morgan fingerprint density at radius 3 is 2.79 bits per heavy atom. The summed E-state index contributed by atoms with van der Waals surface area (Å²) in [5.41, 5.74) is 1.39. The molecule has 24 heavy (non-hydrogen) atoms. The van der Waals surface area contributed by atoms with Crippen LogP contribution in [0.3, 0.4) is 0 Å². The van der Waals surface area contributed by atoms with Crippen LogP contribution in [0.2, 0.25) is 0 Å². The van der Waals surface area contributed by atoms with Gasteiger partial charge in [-0.25, -0.2) is 0 Å². The minimum Gasteiger partial charge on any atom is -0.393 e. The SMILES string of the molecule is CC(=O)[C@@]12O[C@@H]1C[C@@H]1[C@@H]3CC=C4C[C@H](O)CC[C@]4(C)[C@@H]3CC[C@]12C. The number of aliphatic hydroxyl groups excluding tert-OH is 1. The summed E-state index contributed by atoms with van der Waals surface area (Å²) in [6.45, 7) is 6.54. The molecule has 0 unspecified atom stereocenters. The smallest absolute Gasteiger partial charge is 0.164 e. The predicted octanol–water partition coefficient (Wildman–Crippen LogP) is 3.65. The minimum absolute atomic E-state index is 0.0422. The van der Waals surface area contributed by atoms with Gasteiger partial charge in [0.05, 0.1) is 12.2 Å². The molecule has 3 heteroatoms. The van der Waals surface area contributed by atoms with Gasteiger partial charge >= 0.3 is 0 Å². The molecule has 0 radical (unpaired) electrons. The third-order valence-corrected chi connectivity index (χ3v) is 9.03. The molecule has 1 heterocycles. The molecule has 1 aliphatic heterocycles. The molecule has 8 atom stereocenters. The quantitative estimate of drug-likeness (QED) is 0.590. The van der Waals surface area contributed by atoms with Gasteiger partial charge in [0, 0.05) is 5.41 Å². The normalized spacial score (nSPS) is 58.0. The van der Waals surface area contributed by atoms with E-state index in [1.54, 1.807) is 6.92 Å². The molecule has 0 amide bonds. The summed E-state index contributed by atoms with van der Waals surface area (Å²) in [7, 11) is 0. The monoisotopic (exact) mass is 330 g/mol. The molecule has 3 saturated carbocycles. The van der Waals surface area contributed by atoms with Crippen LogP contribution in [0.5, 0.6) is 0 Å². The second-order valence-corrected chi connectivity index (χ2v) is 9.75. The Morgan fingerprint density at radius 2 is 2.04 bits per heavy atom. The summed E-state index contributed by atoms with van der Waals surface area (Å²) in [4.78, 5) is 12.4. The van der Waals surface area contributed by atoms with Crippen molar-refractivity contribution in [2.45, 2.75) is 83.5 Å². The van der Waals surface area contributed by atoms with Gasteiger partial charge in [0.25, 0.3) is 0 Å². The van der Waals surface area contributed by atoms with Crippen molar-refractivity contribution < 1.29 is 14.6 Å². The molecular formula is C21H30O3. The van der Waals surface area contributed by atoms with E-state index >= 15 is 0 Å². The molecule has 0 bridgehead atoms. The number of aliphatic hydroxyl groups is 1. The molecule has 5 rings (SSSR count). The Hall–Kier alpha value is -0.670. The van der Waals surface area contributed by atoms with Crippen molar-refractivity contribution in [2.75, 3.05) is 0 Å². The van der Waals surface area contributed by atoms with Crippen molar-refractivity contribution in [1.82, 2.24) is 0 Å². The average Bonchev–Trinajstić information content (AvgIpc) is 3.21. The highest BCUT2D eigenvalue weighted by Gasteiger charge is 2.79. The van der Waals surface area contributed by atoms with Crippen molar-refractivity contribution in [3.05, 3.63) is 11.6 Å². The van der Waals surface area contributed by atoms with E-state index in [-0.39, 0.29) is 28.8 Å². The standard InChI is InChI=1S/C21H30O3/c1-12(22)21-18(24-21)11-17-15-5-4-13-10-14(23)6-8-19(13,2)16(15)7-9-20(17,21)3/h4,14-18,23H,5-11H2,1-3H3/t14-,15-,16-,17-,18-,19+,20-,21-/m1/s1. The Labute approximate surface area is 144 Å². The lowest BCUT2D eigenvalue weighted by molar-refractivity contribution is -0.135. The van der Waals surface area contributed by atoms with Gasteiger partial charge in [-0.1, -0.05) is 25.5 Å². The van der Waals surface area contributed by atoms with Crippen LogP contribution in [-0.4, -0.2) is 28.7 Å². The average molecular weight is 330 g/mol. The van der Waals surface area contributed by atoms with Crippen LogP contribution in [0.4, 0.5) is 0 Å². The zero-order valence-electron chi connectivity index (χ0n) is 15.2. The van der Waals surface area contributed by atoms with Crippen LogP contribution >= 0.6 is 0 Å². The van der Waals surface area contributed by atoms with Gasteiger partial charge < -0.3 is 9.84 Å². The first-order valence-electron chi connectivity index (χ1n) is 9.89. The molecule has 0 aromatic rings. The van der Waals surface area contributed by atoms with E-state index in [2.05, 4.69) is 19.9 Å². The lowest BCUT2D eigenvalue weighted by Gasteiger charge is -2.58. The number of ketones is 1. The van der Waals surface area contributed by atoms with Gasteiger partial charge in [0.2, 0.25) is 0 Å². The molecule has 3 nitrogen and oxygen atoms in total. The number of ether oxygens (including phenoxy) is 1. The Bertz CT molecular complexity index is 639. The van der Waals surface area contributed by atoms with E-state index in [1.807, 2.05) is 0 Å². The van der Waals surface area contributed by atoms with Crippen molar-refractivity contribution in [3.8, 4) is 0 Å². The fourth-order valence-electron chi connectivity index (χ4n) is 7.71. The first-order chi connectivity index (χ1) is 11.3. The Kier molecular flexibility index (Phi) is 2.94. The molecule has 1 N–H and O–H groups in total. The zero-order chi connectivity index (χ0) is 16.9. The summed E-state index contributed by atoms with van der Waals surface area (Å²) in [5.74, 6) is 2.31. The highest BCUT2D eigenvalue weighted by molar-refractivity contribution is 5.90. The second-order valence-electron chi connectivity index (χ2n) is 9.75. The molecule has 0 aromatic carbocycles. The van der Waals surface area contributed by atoms with Crippen LogP contribution in [0, 0.1) is 28.6 Å². The van der Waals surface area contributed by atoms with Gasteiger partial charge in [-0.3, -0.25) is 4.79 Å². The van der Waals surface area contributed by atoms with Crippen molar-refractivity contribution in [1.29, 1.82) is 0 Å². The molecular weight excluding hydrogens is 300 g/mol. The molecule has 132 valence electrons. The molecule has 1 saturated heterocycles. The van der Waals surface area contributed by atoms with E-state index in [0.29, 0.717) is 11.8 Å². The maximum Gasteiger partial charge on any atom is 0.164 e. The number of carbonyl (C=O) groups is 1. The number of hydrogen-bond donors (Lipinski definition) is 1. The number of fused-ring (bicyclic) bond motifs is 7. The van der Waals surface area contributed by atoms with Gasteiger partial charge in [-0.2, -0.15) is 0 Å². The summed E-state index contributed by atoms with van der Waals surface area (Å²) in [5, 5.41) is 10.1. The maximum atomic E-state index is 12.4. The summed E-state index contributed by atoms with van der Waals surface area (Å²) in [6.07, 6.45) is 10.0. The lowest BCUT2D eigenvalue weighted by atomic mass is 9.47. The summed E-state index contributed by atoms with van der Waals surface area (Å²) >= 11 is 0. The third kappa shape index (κ3) is 1.60. The molecule has 5 aliphatic rings. The molecule has 4 fully saturated rings. The first kappa shape index (κ1) is 15.6. The Morgan fingerprint density at radius 1 is 1.25 bits per heavy atom. The van der Waals surface area contributed by atoms with E-state index in [4.69, 9.17) is 4.74 Å². The number of rotatable bonds is 1. The van der Waals surface area contributed by atoms with Crippen LogP contribution in [0.15, 0.2) is 11.6 Å². The van der Waals surface area contributed by atoms with Gasteiger partial charge in [0.1, 0.15) is 0 Å². The Balaban J connectivity index is 1.51. The first-order valence-corrected chi connectivity index (χ1v) is 9.89. The fourth-order valence-corrected chi connectivity index (χ4v) is 7.71. The van der Waals surface area contributed by atoms with E-state index in [0.717, 1.165) is 44.4 Å². The van der Waals surface area contributed by atoms with E-state index in [1.165, 1.54) is 12.0 Å². The largest absolute Gasteiger partial charge is 0.393 e. The highest BCUT2D eigenvalue weighted by atomic mass is 16.6.